The topological polar surface area (TPSA) is 237 Å². The molecule has 0 aromatic heterocycles. The van der Waals surface area contributed by atoms with Crippen molar-refractivity contribution in [3.63, 3.8) is 0 Å². The first kappa shape index (κ1) is 99.1. The third-order valence-corrected chi connectivity index (χ3v) is 21.1. The maximum absolute atomic E-state index is 13.1. The van der Waals surface area contributed by atoms with Crippen molar-refractivity contribution in [2.45, 2.75) is 452 Å². The molecule has 0 aliphatic carbocycles. The van der Waals surface area contributed by atoms with Gasteiger partial charge >= 0.3 is 39.5 Å². The maximum Gasteiger partial charge on any atom is 0.472 e. The highest BCUT2D eigenvalue weighted by Gasteiger charge is 2.30. The van der Waals surface area contributed by atoms with Crippen LogP contribution in [-0.4, -0.2) is 96.7 Å². The van der Waals surface area contributed by atoms with Crippen molar-refractivity contribution >= 4 is 39.5 Å². The van der Waals surface area contributed by atoms with E-state index in [4.69, 9.17) is 37.0 Å². The molecule has 101 heavy (non-hydrogen) atoms. The van der Waals surface area contributed by atoms with E-state index in [1.165, 1.54) is 250 Å². The number of aliphatic hydroxyl groups excluding tert-OH is 1. The molecule has 2 unspecified atom stereocenters. The van der Waals surface area contributed by atoms with Crippen LogP contribution in [0, 0.1) is 11.8 Å². The van der Waals surface area contributed by atoms with Gasteiger partial charge in [0, 0.05) is 25.7 Å². The predicted octanol–water partition coefficient (Wildman–Crippen LogP) is 24.7. The Bertz CT molecular complexity index is 1940. The Morgan fingerprint density at radius 1 is 0.267 bits per heavy atom. The summed E-state index contributed by atoms with van der Waals surface area (Å²) >= 11 is 0. The van der Waals surface area contributed by atoms with E-state index in [1.807, 2.05) is 0 Å². The summed E-state index contributed by atoms with van der Waals surface area (Å²) in [5.74, 6) is -0.521. The Hall–Kier alpha value is -1.94. The van der Waals surface area contributed by atoms with Gasteiger partial charge in [-0.1, -0.05) is 382 Å². The summed E-state index contributed by atoms with van der Waals surface area (Å²) in [4.78, 5) is 73.0. The van der Waals surface area contributed by atoms with Crippen LogP contribution < -0.4 is 0 Å². The van der Waals surface area contributed by atoms with Crippen LogP contribution in [0.2, 0.25) is 0 Å². The molecule has 0 spiro atoms. The molecule has 3 N–H and O–H groups in total. The van der Waals surface area contributed by atoms with Crippen molar-refractivity contribution in [3.05, 3.63) is 0 Å². The zero-order chi connectivity index (χ0) is 74.2. The summed E-state index contributed by atoms with van der Waals surface area (Å²) in [6, 6.07) is 0. The van der Waals surface area contributed by atoms with Gasteiger partial charge in [0.15, 0.2) is 12.2 Å². The number of phosphoric ester groups is 2. The Morgan fingerprint density at radius 3 is 0.673 bits per heavy atom. The van der Waals surface area contributed by atoms with Crippen LogP contribution in [0.4, 0.5) is 0 Å². The van der Waals surface area contributed by atoms with E-state index in [0.717, 1.165) is 102 Å². The summed E-state index contributed by atoms with van der Waals surface area (Å²) in [5.41, 5.74) is 0. The second kappa shape index (κ2) is 73.6. The fourth-order valence-corrected chi connectivity index (χ4v) is 14.3. The molecule has 0 fully saturated rings. The monoisotopic (exact) mass is 1480 g/mol. The van der Waals surface area contributed by atoms with Crippen LogP contribution in [0.5, 0.6) is 0 Å². The number of phosphoric acid groups is 2. The van der Waals surface area contributed by atoms with Crippen LogP contribution >= 0.6 is 15.6 Å². The Labute approximate surface area is 619 Å². The van der Waals surface area contributed by atoms with E-state index < -0.39 is 97.5 Å². The minimum atomic E-state index is -4.96. The Kier molecular flexibility index (Phi) is 72.2. The number of carbonyl (C=O) groups is 4. The van der Waals surface area contributed by atoms with Gasteiger partial charge in [-0.25, -0.2) is 9.13 Å². The number of hydrogen-bond donors (Lipinski definition) is 3. The molecule has 0 amide bonds. The molecular weight excluding hydrogens is 1320 g/mol. The van der Waals surface area contributed by atoms with Crippen LogP contribution in [0.15, 0.2) is 0 Å². The number of aliphatic hydroxyl groups is 1. The molecule has 0 aliphatic heterocycles. The lowest BCUT2D eigenvalue weighted by atomic mass is 10.0. The van der Waals surface area contributed by atoms with Gasteiger partial charge in [-0.3, -0.25) is 37.3 Å². The first-order valence-corrected chi connectivity index (χ1v) is 45.5. The molecule has 5 atom stereocenters. The highest BCUT2D eigenvalue weighted by Crippen LogP contribution is 2.45. The summed E-state index contributed by atoms with van der Waals surface area (Å²) < 4.78 is 68.7. The van der Waals surface area contributed by atoms with Gasteiger partial charge in [-0.05, 0) is 37.5 Å². The van der Waals surface area contributed by atoms with Gasteiger partial charge in [0.1, 0.15) is 19.3 Å². The zero-order valence-electron chi connectivity index (χ0n) is 66.2. The van der Waals surface area contributed by atoms with Gasteiger partial charge in [-0.15, -0.1) is 0 Å². The lowest BCUT2D eigenvalue weighted by molar-refractivity contribution is -0.161. The fraction of sp³-hybridized carbons (Fsp3) is 0.951. The third-order valence-electron chi connectivity index (χ3n) is 19.2. The molecular formula is C82H160O17P2. The van der Waals surface area contributed by atoms with E-state index in [0.29, 0.717) is 25.7 Å². The smallest absolute Gasteiger partial charge is 0.462 e. The quantitative estimate of drug-likeness (QED) is 0.0222. The van der Waals surface area contributed by atoms with Crippen molar-refractivity contribution in [1.82, 2.24) is 0 Å². The molecule has 0 radical (unpaired) electrons. The standard InChI is InChI=1S/C82H160O17P2/c1-7-9-11-13-15-17-19-20-21-27-30-35-41-47-53-59-65-80(85)93-71-78(98-81(86)66-60-54-48-42-36-31-28-25-23-22-24-26-29-33-38-44-50-56-62-74(3)4)73-97-101(90,91)95-69-76(83)68-94-100(88,89)96-72-77(70-92-79(84)64-58-52-46-40-18-16-14-12-10-8-2)99-82(87)67-61-55-49-43-37-32-34-39-45-51-57-63-75(5)6/h74-78,83H,7-73H2,1-6H3,(H,88,89)(H,90,91)/t76-,77+,78+/m0/s1. The lowest BCUT2D eigenvalue weighted by Crippen LogP contribution is -2.30. The molecule has 19 heteroatoms. The van der Waals surface area contributed by atoms with E-state index in [1.54, 1.807) is 0 Å². The highest BCUT2D eigenvalue weighted by molar-refractivity contribution is 7.47. The summed E-state index contributed by atoms with van der Waals surface area (Å²) in [7, 11) is -9.92. The fourth-order valence-electron chi connectivity index (χ4n) is 12.7. The average molecular weight is 1480 g/mol. The molecule has 0 aromatic rings. The largest absolute Gasteiger partial charge is 0.472 e. The molecule has 0 saturated carbocycles. The molecule has 0 aliphatic rings. The second-order valence-electron chi connectivity index (χ2n) is 30.5. The van der Waals surface area contributed by atoms with Crippen molar-refractivity contribution in [2.24, 2.45) is 11.8 Å². The normalized spacial score (nSPS) is 13.9. The predicted molar refractivity (Wildman–Crippen MR) is 414 cm³/mol. The zero-order valence-corrected chi connectivity index (χ0v) is 68.0. The molecule has 0 heterocycles. The molecule has 0 bridgehead atoms. The van der Waals surface area contributed by atoms with Gasteiger partial charge in [0.2, 0.25) is 0 Å². The van der Waals surface area contributed by atoms with Crippen LogP contribution in [0.1, 0.15) is 433 Å². The van der Waals surface area contributed by atoms with Crippen molar-refractivity contribution in [1.29, 1.82) is 0 Å². The van der Waals surface area contributed by atoms with Crippen molar-refractivity contribution < 1.29 is 80.2 Å². The number of ether oxygens (including phenoxy) is 4. The first-order chi connectivity index (χ1) is 48.9. The van der Waals surface area contributed by atoms with Crippen LogP contribution in [0.3, 0.4) is 0 Å². The van der Waals surface area contributed by atoms with Crippen LogP contribution in [-0.2, 0) is 65.4 Å². The van der Waals surface area contributed by atoms with Crippen LogP contribution in [0.25, 0.3) is 0 Å². The molecule has 17 nitrogen and oxygen atoms in total. The number of esters is 4. The van der Waals surface area contributed by atoms with Gasteiger partial charge in [-0.2, -0.15) is 0 Å². The summed E-state index contributed by atoms with van der Waals surface area (Å²) in [6.45, 7) is 9.67. The minimum Gasteiger partial charge on any atom is -0.462 e. The SMILES string of the molecule is CCCCCCCCCCCCCCCCCCC(=O)OC[C@H](COP(=O)(O)OC[C@@H](O)COP(=O)(O)OC[C@@H](COC(=O)CCCCCCCCCCCC)OC(=O)CCCCCCCCCCCCCC(C)C)OC(=O)CCCCCCCCCCCCCCCCCCCCC(C)C. The summed E-state index contributed by atoms with van der Waals surface area (Å²) in [6.07, 6.45) is 63.8. The first-order valence-electron chi connectivity index (χ1n) is 42.5. The number of carbonyl (C=O) groups excluding carboxylic acids is 4. The van der Waals surface area contributed by atoms with E-state index >= 15 is 0 Å². The van der Waals surface area contributed by atoms with Gasteiger partial charge < -0.3 is 33.8 Å². The minimum absolute atomic E-state index is 0.107. The maximum atomic E-state index is 13.1. The number of rotatable bonds is 81. The van der Waals surface area contributed by atoms with Crippen molar-refractivity contribution in [2.75, 3.05) is 39.6 Å². The molecule has 600 valence electrons. The number of unbranched alkanes of at least 4 members (excludes halogenated alkanes) is 51. The Balaban J connectivity index is 5.22. The molecule has 0 rings (SSSR count). The van der Waals surface area contributed by atoms with Crippen molar-refractivity contribution in [3.8, 4) is 0 Å². The number of hydrogen-bond acceptors (Lipinski definition) is 15. The second-order valence-corrected chi connectivity index (χ2v) is 33.4. The van der Waals surface area contributed by atoms with E-state index in [9.17, 15) is 43.2 Å². The van der Waals surface area contributed by atoms with Gasteiger partial charge in [0.25, 0.3) is 0 Å². The summed E-state index contributed by atoms with van der Waals surface area (Å²) in [5, 5.41) is 10.6. The lowest BCUT2D eigenvalue weighted by Gasteiger charge is -2.21. The molecule has 0 aromatic carbocycles. The third kappa shape index (κ3) is 76.1. The Morgan fingerprint density at radius 2 is 0.455 bits per heavy atom. The van der Waals surface area contributed by atoms with Gasteiger partial charge in [0.05, 0.1) is 26.4 Å². The highest BCUT2D eigenvalue weighted by atomic mass is 31.2. The molecule has 0 saturated heterocycles. The van der Waals surface area contributed by atoms with E-state index in [2.05, 4.69) is 41.5 Å². The van der Waals surface area contributed by atoms with E-state index in [-0.39, 0.29) is 25.7 Å². The average Bonchev–Trinajstić information content (AvgIpc) is 1.45.